The van der Waals surface area contributed by atoms with Gasteiger partial charge in [0, 0.05) is 26.7 Å². The van der Waals surface area contributed by atoms with Gasteiger partial charge >= 0.3 is 0 Å². The van der Waals surface area contributed by atoms with Crippen molar-refractivity contribution in [1.29, 1.82) is 0 Å². The quantitative estimate of drug-likeness (QED) is 0.717. The molecule has 0 spiro atoms. The fourth-order valence-electron chi connectivity index (χ4n) is 2.30. The minimum absolute atomic E-state index is 0.559. The van der Waals surface area contributed by atoms with E-state index in [1.807, 2.05) is 0 Å². The molecule has 0 aliphatic carbocycles. The van der Waals surface area contributed by atoms with Crippen LogP contribution in [0.5, 0.6) is 0 Å². The van der Waals surface area contributed by atoms with Crippen LogP contribution in [0.4, 0.5) is 0 Å². The summed E-state index contributed by atoms with van der Waals surface area (Å²) in [6.07, 6.45) is 0. The molecule has 0 amide bonds. The number of nitrogens with one attached hydrogen (secondary N) is 1. The Kier molecular flexibility index (Phi) is 8.58. The fraction of sp³-hybridized carbons (Fsp3) is 0.667. The molecule has 0 aromatic heterocycles. The van der Waals surface area contributed by atoms with Gasteiger partial charge in [0.2, 0.25) is 0 Å². The molecule has 0 saturated carbocycles. The van der Waals surface area contributed by atoms with E-state index in [1.54, 1.807) is 7.11 Å². The highest BCUT2D eigenvalue weighted by molar-refractivity contribution is 5.25. The second kappa shape index (κ2) is 9.93. The molecule has 1 N–H and O–H groups in total. The van der Waals surface area contributed by atoms with Gasteiger partial charge < -0.3 is 10.1 Å². The van der Waals surface area contributed by atoms with Gasteiger partial charge in [-0.05, 0) is 36.6 Å². The summed E-state index contributed by atoms with van der Waals surface area (Å²) in [5.41, 5.74) is 2.77. The van der Waals surface area contributed by atoms with Gasteiger partial charge in [0.15, 0.2) is 0 Å². The Labute approximate surface area is 130 Å². The molecule has 1 atom stereocenters. The van der Waals surface area contributed by atoms with Crippen molar-refractivity contribution in [1.82, 2.24) is 10.2 Å². The molecule has 120 valence electrons. The van der Waals surface area contributed by atoms with E-state index in [1.165, 1.54) is 11.1 Å². The molecule has 0 saturated heterocycles. The molecule has 0 fully saturated rings. The third-order valence-corrected chi connectivity index (χ3v) is 3.68. The first kappa shape index (κ1) is 18.1. The summed E-state index contributed by atoms with van der Waals surface area (Å²) in [5, 5.41) is 3.53. The molecule has 0 heterocycles. The van der Waals surface area contributed by atoms with E-state index in [4.69, 9.17) is 4.74 Å². The maximum absolute atomic E-state index is 5.11. The molecule has 3 nitrogen and oxygen atoms in total. The highest BCUT2D eigenvalue weighted by Gasteiger charge is 2.06. The van der Waals surface area contributed by atoms with E-state index in [-0.39, 0.29) is 0 Å². The molecule has 1 aromatic carbocycles. The second-order valence-electron chi connectivity index (χ2n) is 6.43. The van der Waals surface area contributed by atoms with Crippen LogP contribution in [-0.4, -0.2) is 45.3 Å². The third kappa shape index (κ3) is 7.60. The molecule has 1 aromatic rings. The number of nitrogens with zero attached hydrogens (tertiary/aromatic N) is 1. The first-order chi connectivity index (χ1) is 10.0. The highest BCUT2D eigenvalue weighted by Crippen LogP contribution is 2.16. The van der Waals surface area contributed by atoms with Gasteiger partial charge in [-0.25, -0.2) is 0 Å². The Hall–Kier alpha value is -0.900. The average Bonchev–Trinajstić information content (AvgIpc) is 2.45. The van der Waals surface area contributed by atoms with E-state index >= 15 is 0 Å². The van der Waals surface area contributed by atoms with Crippen LogP contribution in [0.3, 0.4) is 0 Å². The van der Waals surface area contributed by atoms with Gasteiger partial charge in [-0.2, -0.15) is 0 Å². The molecule has 0 radical (unpaired) electrons. The Morgan fingerprint density at radius 2 is 1.76 bits per heavy atom. The lowest BCUT2D eigenvalue weighted by Crippen LogP contribution is -2.24. The summed E-state index contributed by atoms with van der Waals surface area (Å²) in [6, 6.07) is 9.03. The zero-order valence-corrected chi connectivity index (χ0v) is 14.4. The largest absolute Gasteiger partial charge is 0.383 e. The maximum atomic E-state index is 5.11. The lowest BCUT2D eigenvalue weighted by Gasteiger charge is -2.17. The SMILES string of the molecule is COCCN(C)Cc1ccc(C(C)CNCC(C)C)cc1. The van der Waals surface area contributed by atoms with Gasteiger partial charge in [-0.1, -0.05) is 45.0 Å². The number of methoxy groups -OCH3 is 1. The third-order valence-electron chi connectivity index (χ3n) is 3.68. The smallest absolute Gasteiger partial charge is 0.0589 e. The zero-order valence-electron chi connectivity index (χ0n) is 14.4. The fourth-order valence-corrected chi connectivity index (χ4v) is 2.30. The summed E-state index contributed by atoms with van der Waals surface area (Å²) < 4.78 is 5.11. The number of benzene rings is 1. The molecule has 21 heavy (non-hydrogen) atoms. The van der Waals surface area contributed by atoms with E-state index < -0.39 is 0 Å². The summed E-state index contributed by atoms with van der Waals surface area (Å²) >= 11 is 0. The van der Waals surface area contributed by atoms with Crippen molar-refractivity contribution in [2.45, 2.75) is 33.2 Å². The van der Waals surface area contributed by atoms with Crippen molar-refractivity contribution in [2.24, 2.45) is 5.92 Å². The number of rotatable bonds is 10. The number of likely N-dealkylation sites (N-methyl/N-ethyl adjacent to an activating group) is 1. The molecule has 0 aliphatic heterocycles. The van der Waals surface area contributed by atoms with Crippen LogP contribution in [-0.2, 0) is 11.3 Å². The Morgan fingerprint density at radius 1 is 1.10 bits per heavy atom. The minimum Gasteiger partial charge on any atom is -0.383 e. The van der Waals surface area contributed by atoms with Gasteiger partial charge in [-0.15, -0.1) is 0 Å². The van der Waals surface area contributed by atoms with Gasteiger partial charge in [-0.3, -0.25) is 4.90 Å². The van der Waals surface area contributed by atoms with E-state index in [9.17, 15) is 0 Å². The van der Waals surface area contributed by atoms with E-state index in [2.05, 4.69) is 62.3 Å². The maximum Gasteiger partial charge on any atom is 0.0589 e. The predicted molar refractivity (Wildman–Crippen MR) is 90.8 cm³/mol. The standard InChI is InChI=1S/C18H32N2O/c1-15(2)12-19-13-16(3)18-8-6-17(7-9-18)14-20(4)10-11-21-5/h6-9,15-16,19H,10-14H2,1-5H3. The van der Waals surface area contributed by atoms with Crippen LogP contribution in [0.25, 0.3) is 0 Å². The van der Waals surface area contributed by atoms with Crippen molar-refractivity contribution >= 4 is 0 Å². The molecular weight excluding hydrogens is 260 g/mol. The van der Waals surface area contributed by atoms with Crippen LogP contribution in [0, 0.1) is 5.92 Å². The first-order valence-electron chi connectivity index (χ1n) is 8.00. The van der Waals surface area contributed by atoms with Crippen molar-refractivity contribution in [2.75, 3.05) is 40.4 Å². The monoisotopic (exact) mass is 292 g/mol. The zero-order chi connectivity index (χ0) is 15.7. The number of ether oxygens (including phenoxy) is 1. The summed E-state index contributed by atoms with van der Waals surface area (Å²) in [6.45, 7) is 11.6. The first-order valence-corrected chi connectivity index (χ1v) is 8.00. The van der Waals surface area contributed by atoms with Crippen LogP contribution in [0.15, 0.2) is 24.3 Å². The van der Waals surface area contributed by atoms with Gasteiger partial charge in [0.1, 0.15) is 0 Å². The molecule has 1 unspecified atom stereocenters. The minimum atomic E-state index is 0.559. The van der Waals surface area contributed by atoms with Crippen molar-refractivity contribution in [3.63, 3.8) is 0 Å². The van der Waals surface area contributed by atoms with Crippen LogP contribution in [0.2, 0.25) is 0 Å². The van der Waals surface area contributed by atoms with E-state index in [0.29, 0.717) is 11.8 Å². The highest BCUT2D eigenvalue weighted by atomic mass is 16.5. The van der Waals surface area contributed by atoms with Crippen LogP contribution >= 0.6 is 0 Å². The Morgan fingerprint density at radius 3 is 2.33 bits per heavy atom. The van der Waals surface area contributed by atoms with Crippen molar-refractivity contribution < 1.29 is 4.74 Å². The lowest BCUT2D eigenvalue weighted by molar-refractivity contribution is 0.158. The second-order valence-corrected chi connectivity index (χ2v) is 6.43. The average molecular weight is 292 g/mol. The lowest BCUT2D eigenvalue weighted by atomic mass is 9.99. The predicted octanol–water partition coefficient (Wildman–Crippen LogP) is 3.11. The summed E-state index contributed by atoms with van der Waals surface area (Å²) in [4.78, 5) is 2.28. The van der Waals surface area contributed by atoms with Crippen molar-refractivity contribution in [3.05, 3.63) is 35.4 Å². The van der Waals surface area contributed by atoms with Crippen LogP contribution < -0.4 is 5.32 Å². The molecule has 0 bridgehead atoms. The molecule has 1 rings (SSSR count). The molecule has 0 aliphatic rings. The number of hydrogen-bond acceptors (Lipinski definition) is 3. The van der Waals surface area contributed by atoms with Crippen LogP contribution in [0.1, 0.15) is 37.8 Å². The number of hydrogen-bond donors (Lipinski definition) is 1. The Bertz CT molecular complexity index is 375. The van der Waals surface area contributed by atoms with E-state index in [0.717, 1.165) is 32.8 Å². The van der Waals surface area contributed by atoms with Gasteiger partial charge in [0.05, 0.1) is 6.61 Å². The Balaban J connectivity index is 2.41. The normalized spacial score (nSPS) is 13.1. The molecular formula is C18H32N2O. The van der Waals surface area contributed by atoms with Crippen molar-refractivity contribution in [3.8, 4) is 0 Å². The van der Waals surface area contributed by atoms with Gasteiger partial charge in [0.25, 0.3) is 0 Å². The summed E-state index contributed by atoms with van der Waals surface area (Å²) in [5.74, 6) is 1.27. The molecule has 3 heteroatoms. The topological polar surface area (TPSA) is 24.5 Å². The summed E-state index contributed by atoms with van der Waals surface area (Å²) in [7, 11) is 3.88.